The van der Waals surface area contributed by atoms with E-state index < -0.39 is 0 Å². The SMILES string of the molecule is O=c1[nH]c(CCN2CCCC2)nc2sc3c(c12)CCCC3. The molecule has 4 nitrogen and oxygen atoms in total. The second-order valence-corrected chi connectivity index (χ2v) is 7.29. The zero-order valence-corrected chi connectivity index (χ0v) is 13.1. The van der Waals surface area contributed by atoms with Crippen molar-refractivity contribution >= 4 is 21.6 Å². The van der Waals surface area contributed by atoms with Crippen LogP contribution in [0.25, 0.3) is 10.2 Å². The van der Waals surface area contributed by atoms with Gasteiger partial charge in [-0.1, -0.05) is 0 Å². The van der Waals surface area contributed by atoms with Crippen LogP contribution in [0.5, 0.6) is 0 Å². The molecule has 0 unspecified atom stereocenters. The molecule has 0 radical (unpaired) electrons. The lowest BCUT2D eigenvalue weighted by Gasteiger charge is -2.13. The van der Waals surface area contributed by atoms with Crippen molar-refractivity contribution in [3.63, 3.8) is 0 Å². The monoisotopic (exact) mass is 303 g/mol. The van der Waals surface area contributed by atoms with Gasteiger partial charge in [0.2, 0.25) is 0 Å². The van der Waals surface area contributed by atoms with Crippen LogP contribution in [0.4, 0.5) is 0 Å². The van der Waals surface area contributed by atoms with Crippen LogP contribution in [-0.4, -0.2) is 34.5 Å². The fraction of sp³-hybridized carbons (Fsp3) is 0.625. The molecule has 0 aromatic carbocycles. The van der Waals surface area contributed by atoms with Gasteiger partial charge in [0.1, 0.15) is 10.7 Å². The van der Waals surface area contributed by atoms with Crippen molar-refractivity contribution in [3.8, 4) is 0 Å². The quantitative estimate of drug-likeness (QED) is 0.948. The molecule has 3 heterocycles. The summed E-state index contributed by atoms with van der Waals surface area (Å²) in [5, 5.41) is 0.875. The molecule has 2 aliphatic rings. The summed E-state index contributed by atoms with van der Waals surface area (Å²) in [7, 11) is 0. The van der Waals surface area contributed by atoms with Crippen molar-refractivity contribution in [2.24, 2.45) is 0 Å². The van der Waals surface area contributed by atoms with E-state index in [0.717, 1.165) is 41.8 Å². The average molecular weight is 303 g/mol. The van der Waals surface area contributed by atoms with Crippen LogP contribution < -0.4 is 5.56 Å². The summed E-state index contributed by atoms with van der Waals surface area (Å²) in [5.41, 5.74) is 1.36. The molecule has 4 rings (SSSR count). The molecule has 1 N–H and O–H groups in total. The van der Waals surface area contributed by atoms with Crippen LogP contribution in [0.2, 0.25) is 0 Å². The lowest BCUT2D eigenvalue weighted by molar-refractivity contribution is 0.341. The van der Waals surface area contributed by atoms with E-state index in [0.29, 0.717) is 0 Å². The van der Waals surface area contributed by atoms with Crippen LogP contribution >= 0.6 is 11.3 Å². The molecule has 2 aromatic heterocycles. The molecule has 1 fully saturated rings. The maximum Gasteiger partial charge on any atom is 0.259 e. The fourth-order valence-electron chi connectivity index (χ4n) is 3.60. The molecule has 1 aliphatic carbocycles. The van der Waals surface area contributed by atoms with Gasteiger partial charge in [0.25, 0.3) is 5.56 Å². The Balaban J connectivity index is 1.64. The largest absolute Gasteiger partial charge is 0.310 e. The van der Waals surface area contributed by atoms with Crippen LogP contribution in [0, 0.1) is 0 Å². The first kappa shape index (κ1) is 13.5. The van der Waals surface area contributed by atoms with Gasteiger partial charge in [-0.25, -0.2) is 4.98 Å². The van der Waals surface area contributed by atoms with Crippen molar-refractivity contribution < 1.29 is 0 Å². The average Bonchev–Trinajstić information content (AvgIpc) is 3.12. The first-order valence-electron chi connectivity index (χ1n) is 8.07. The highest BCUT2D eigenvalue weighted by molar-refractivity contribution is 7.18. The molecule has 0 saturated carbocycles. The van der Waals surface area contributed by atoms with Gasteiger partial charge in [0, 0.05) is 17.8 Å². The van der Waals surface area contributed by atoms with Gasteiger partial charge in [-0.3, -0.25) is 4.79 Å². The van der Waals surface area contributed by atoms with Crippen molar-refractivity contribution in [2.75, 3.05) is 19.6 Å². The Kier molecular flexibility index (Phi) is 3.55. The molecular formula is C16H21N3OS. The van der Waals surface area contributed by atoms with E-state index in [1.54, 1.807) is 11.3 Å². The second-order valence-electron chi connectivity index (χ2n) is 6.20. The van der Waals surface area contributed by atoms with Gasteiger partial charge in [-0.05, 0) is 57.2 Å². The Morgan fingerprint density at radius 1 is 1.14 bits per heavy atom. The predicted octanol–water partition coefficient (Wildman–Crippen LogP) is 2.50. The van der Waals surface area contributed by atoms with Crippen LogP contribution in [-0.2, 0) is 19.3 Å². The van der Waals surface area contributed by atoms with Crippen molar-refractivity contribution in [1.29, 1.82) is 0 Å². The van der Waals surface area contributed by atoms with E-state index in [2.05, 4.69) is 9.88 Å². The highest BCUT2D eigenvalue weighted by Gasteiger charge is 2.20. The molecule has 0 amide bonds. The number of aromatic nitrogens is 2. The third-order valence-corrected chi connectivity index (χ3v) is 5.92. The minimum Gasteiger partial charge on any atom is -0.310 e. The molecule has 0 atom stereocenters. The zero-order valence-electron chi connectivity index (χ0n) is 12.3. The van der Waals surface area contributed by atoms with Crippen LogP contribution in [0.1, 0.15) is 41.9 Å². The van der Waals surface area contributed by atoms with Crippen LogP contribution in [0.3, 0.4) is 0 Å². The topological polar surface area (TPSA) is 49.0 Å². The first-order chi connectivity index (χ1) is 10.3. The van der Waals surface area contributed by atoms with E-state index in [1.807, 2.05) is 0 Å². The summed E-state index contributed by atoms with van der Waals surface area (Å²) < 4.78 is 0. The molecule has 2 aromatic rings. The fourth-order valence-corrected chi connectivity index (χ4v) is 4.88. The van der Waals surface area contributed by atoms with Crippen LogP contribution in [0.15, 0.2) is 4.79 Å². The number of aryl methyl sites for hydroxylation is 2. The predicted molar refractivity (Wildman–Crippen MR) is 86.3 cm³/mol. The van der Waals surface area contributed by atoms with E-state index in [4.69, 9.17) is 4.98 Å². The maximum atomic E-state index is 12.4. The lowest BCUT2D eigenvalue weighted by Crippen LogP contribution is -2.23. The Morgan fingerprint density at radius 2 is 1.95 bits per heavy atom. The highest BCUT2D eigenvalue weighted by Crippen LogP contribution is 2.33. The van der Waals surface area contributed by atoms with Gasteiger partial charge < -0.3 is 9.88 Å². The minimum absolute atomic E-state index is 0.0795. The summed E-state index contributed by atoms with van der Waals surface area (Å²) in [6.07, 6.45) is 8.09. The molecule has 112 valence electrons. The normalized spacial score (nSPS) is 19.2. The second kappa shape index (κ2) is 5.54. The number of fused-ring (bicyclic) bond motifs is 3. The van der Waals surface area contributed by atoms with E-state index in [9.17, 15) is 4.79 Å². The van der Waals surface area contributed by atoms with Crippen molar-refractivity contribution in [3.05, 3.63) is 26.6 Å². The smallest absolute Gasteiger partial charge is 0.259 e. The third-order valence-electron chi connectivity index (χ3n) is 4.74. The molecular weight excluding hydrogens is 282 g/mol. The van der Waals surface area contributed by atoms with Crippen molar-refractivity contribution in [2.45, 2.75) is 44.9 Å². The summed E-state index contributed by atoms with van der Waals surface area (Å²) in [5.74, 6) is 0.859. The van der Waals surface area contributed by atoms with Gasteiger partial charge >= 0.3 is 0 Å². The molecule has 1 saturated heterocycles. The van der Waals surface area contributed by atoms with E-state index >= 15 is 0 Å². The number of hydrogen-bond acceptors (Lipinski definition) is 4. The zero-order chi connectivity index (χ0) is 14.2. The minimum atomic E-state index is 0.0795. The highest BCUT2D eigenvalue weighted by atomic mass is 32.1. The number of hydrogen-bond donors (Lipinski definition) is 1. The number of nitrogens with zero attached hydrogens (tertiary/aromatic N) is 2. The van der Waals surface area contributed by atoms with Crippen molar-refractivity contribution in [1.82, 2.24) is 14.9 Å². The van der Waals surface area contributed by atoms with Gasteiger partial charge in [0.15, 0.2) is 0 Å². The van der Waals surface area contributed by atoms with E-state index in [1.165, 1.54) is 49.2 Å². The maximum absolute atomic E-state index is 12.4. The van der Waals surface area contributed by atoms with E-state index in [-0.39, 0.29) is 5.56 Å². The van der Waals surface area contributed by atoms with Gasteiger partial charge in [-0.2, -0.15) is 0 Å². The molecule has 5 heteroatoms. The lowest BCUT2D eigenvalue weighted by atomic mass is 9.97. The number of H-pyrrole nitrogens is 1. The Labute approximate surface area is 128 Å². The molecule has 0 spiro atoms. The molecule has 21 heavy (non-hydrogen) atoms. The Hall–Kier alpha value is -1.20. The Bertz CT molecular complexity index is 712. The number of aromatic amines is 1. The van der Waals surface area contributed by atoms with Gasteiger partial charge in [0.05, 0.1) is 5.39 Å². The number of thiophene rings is 1. The summed E-state index contributed by atoms with van der Waals surface area (Å²) in [4.78, 5) is 25.0. The number of likely N-dealkylation sites (tertiary alicyclic amines) is 1. The third kappa shape index (κ3) is 2.53. The molecule has 1 aliphatic heterocycles. The molecule has 0 bridgehead atoms. The number of rotatable bonds is 3. The Morgan fingerprint density at radius 3 is 2.81 bits per heavy atom. The summed E-state index contributed by atoms with van der Waals surface area (Å²) in [6.45, 7) is 3.40. The first-order valence-corrected chi connectivity index (χ1v) is 8.89. The standard InChI is InChI=1S/C16H21N3OS/c20-15-14-11-5-1-2-6-12(11)21-16(14)18-13(17-15)7-10-19-8-3-4-9-19/h1-10H2,(H,17,18,20). The summed E-state index contributed by atoms with van der Waals surface area (Å²) in [6, 6.07) is 0. The summed E-state index contributed by atoms with van der Waals surface area (Å²) >= 11 is 1.74. The number of nitrogens with one attached hydrogen (secondary N) is 1. The van der Waals surface area contributed by atoms with Gasteiger partial charge in [-0.15, -0.1) is 11.3 Å².